The van der Waals surface area contributed by atoms with Crippen LogP contribution in [-0.2, 0) is 11.3 Å². The molecule has 0 radical (unpaired) electrons. The molecular formula is C18H24O2. The molecule has 0 amide bonds. The molecule has 2 heteroatoms. The third kappa shape index (κ3) is 4.37. The fraction of sp³-hybridized carbons (Fsp3) is 0.556. The maximum Gasteiger partial charge on any atom is 0.104 e. The van der Waals surface area contributed by atoms with Gasteiger partial charge in [0.1, 0.15) is 6.61 Å². The molecule has 0 spiro atoms. The highest BCUT2D eigenvalue weighted by Crippen LogP contribution is 2.29. The van der Waals surface area contributed by atoms with Crippen LogP contribution in [0.2, 0.25) is 0 Å². The summed E-state index contributed by atoms with van der Waals surface area (Å²) in [6.45, 7) is 2.86. The van der Waals surface area contributed by atoms with Crippen molar-refractivity contribution in [2.75, 3.05) is 6.61 Å². The molecule has 1 aromatic carbocycles. The SMILES string of the molecule is CCC1CCCCC1OCc1ccc(C#CCO)cc1. The summed E-state index contributed by atoms with van der Waals surface area (Å²) in [5.41, 5.74) is 2.13. The monoisotopic (exact) mass is 272 g/mol. The fourth-order valence-electron chi connectivity index (χ4n) is 2.89. The van der Waals surface area contributed by atoms with E-state index in [-0.39, 0.29) is 6.61 Å². The lowest BCUT2D eigenvalue weighted by atomic mass is 9.85. The summed E-state index contributed by atoms with van der Waals surface area (Å²) in [4.78, 5) is 0. The van der Waals surface area contributed by atoms with Gasteiger partial charge in [0, 0.05) is 5.56 Å². The molecule has 2 unspecified atom stereocenters. The van der Waals surface area contributed by atoms with Crippen LogP contribution in [0.3, 0.4) is 0 Å². The third-order valence-electron chi connectivity index (χ3n) is 4.09. The Hall–Kier alpha value is -1.30. The normalized spacial score (nSPS) is 22.1. The molecule has 0 aliphatic heterocycles. The first kappa shape index (κ1) is 15.1. The zero-order valence-corrected chi connectivity index (χ0v) is 12.3. The minimum absolute atomic E-state index is 0.0923. The number of benzene rings is 1. The van der Waals surface area contributed by atoms with Crippen molar-refractivity contribution >= 4 is 0 Å². The molecule has 1 aliphatic rings. The van der Waals surface area contributed by atoms with Gasteiger partial charge in [-0.3, -0.25) is 0 Å². The summed E-state index contributed by atoms with van der Waals surface area (Å²) in [7, 11) is 0. The van der Waals surface area contributed by atoms with Crippen LogP contribution in [0.1, 0.15) is 50.2 Å². The van der Waals surface area contributed by atoms with Crippen LogP contribution in [0.5, 0.6) is 0 Å². The molecule has 2 atom stereocenters. The molecule has 1 saturated carbocycles. The number of aliphatic hydroxyl groups is 1. The summed E-state index contributed by atoms with van der Waals surface area (Å²) >= 11 is 0. The second-order valence-corrected chi connectivity index (χ2v) is 5.46. The van der Waals surface area contributed by atoms with Crippen molar-refractivity contribution < 1.29 is 9.84 Å². The van der Waals surface area contributed by atoms with Gasteiger partial charge in [-0.1, -0.05) is 50.2 Å². The van der Waals surface area contributed by atoms with Crippen LogP contribution in [0.15, 0.2) is 24.3 Å². The van der Waals surface area contributed by atoms with Gasteiger partial charge >= 0.3 is 0 Å². The quantitative estimate of drug-likeness (QED) is 0.850. The average molecular weight is 272 g/mol. The molecular weight excluding hydrogens is 248 g/mol. The molecule has 1 fully saturated rings. The van der Waals surface area contributed by atoms with E-state index in [1.807, 2.05) is 12.1 Å². The topological polar surface area (TPSA) is 29.5 Å². The predicted molar refractivity (Wildman–Crippen MR) is 81.2 cm³/mol. The van der Waals surface area contributed by atoms with E-state index in [0.717, 1.165) is 11.5 Å². The number of hydrogen-bond donors (Lipinski definition) is 1. The lowest BCUT2D eigenvalue weighted by Crippen LogP contribution is -2.27. The van der Waals surface area contributed by atoms with E-state index < -0.39 is 0 Å². The van der Waals surface area contributed by atoms with Crippen LogP contribution in [-0.4, -0.2) is 17.8 Å². The highest BCUT2D eigenvalue weighted by Gasteiger charge is 2.23. The van der Waals surface area contributed by atoms with Crippen molar-refractivity contribution in [3.05, 3.63) is 35.4 Å². The number of hydrogen-bond acceptors (Lipinski definition) is 2. The van der Waals surface area contributed by atoms with Crippen molar-refractivity contribution in [1.29, 1.82) is 0 Å². The van der Waals surface area contributed by atoms with Crippen molar-refractivity contribution in [2.24, 2.45) is 5.92 Å². The molecule has 1 aliphatic carbocycles. The first-order valence-electron chi connectivity index (χ1n) is 7.63. The molecule has 1 N–H and O–H groups in total. The minimum atomic E-state index is -0.0923. The molecule has 20 heavy (non-hydrogen) atoms. The van der Waals surface area contributed by atoms with Gasteiger partial charge in [-0.25, -0.2) is 0 Å². The smallest absolute Gasteiger partial charge is 0.104 e. The minimum Gasteiger partial charge on any atom is -0.384 e. The molecule has 2 rings (SSSR count). The lowest BCUT2D eigenvalue weighted by Gasteiger charge is -2.30. The summed E-state index contributed by atoms with van der Waals surface area (Å²) in [5.74, 6) is 6.29. The van der Waals surface area contributed by atoms with Gasteiger partial charge in [0.15, 0.2) is 0 Å². The molecule has 108 valence electrons. The maximum absolute atomic E-state index is 8.67. The Morgan fingerprint density at radius 2 is 1.95 bits per heavy atom. The molecule has 0 bridgehead atoms. The highest BCUT2D eigenvalue weighted by atomic mass is 16.5. The number of aliphatic hydroxyl groups excluding tert-OH is 1. The van der Waals surface area contributed by atoms with Crippen molar-refractivity contribution in [1.82, 2.24) is 0 Å². The van der Waals surface area contributed by atoms with Crippen LogP contribution in [0.25, 0.3) is 0 Å². The average Bonchev–Trinajstić information content (AvgIpc) is 2.52. The molecule has 0 saturated heterocycles. The van der Waals surface area contributed by atoms with E-state index in [1.165, 1.54) is 37.7 Å². The Labute approximate surface area is 122 Å². The van der Waals surface area contributed by atoms with E-state index >= 15 is 0 Å². The molecule has 1 aromatic rings. The van der Waals surface area contributed by atoms with Crippen molar-refractivity contribution in [3.63, 3.8) is 0 Å². The summed E-state index contributed by atoms with van der Waals surface area (Å²) in [6.07, 6.45) is 6.84. The Morgan fingerprint density at radius 1 is 1.20 bits per heavy atom. The van der Waals surface area contributed by atoms with E-state index in [0.29, 0.717) is 12.7 Å². The van der Waals surface area contributed by atoms with Crippen molar-refractivity contribution in [3.8, 4) is 11.8 Å². The highest BCUT2D eigenvalue weighted by molar-refractivity contribution is 5.36. The second-order valence-electron chi connectivity index (χ2n) is 5.46. The zero-order chi connectivity index (χ0) is 14.2. The van der Waals surface area contributed by atoms with Crippen molar-refractivity contribution in [2.45, 2.75) is 51.7 Å². The van der Waals surface area contributed by atoms with Crippen LogP contribution in [0, 0.1) is 17.8 Å². The van der Waals surface area contributed by atoms with Gasteiger partial charge in [0.05, 0.1) is 12.7 Å². The fourth-order valence-corrected chi connectivity index (χ4v) is 2.89. The van der Waals surface area contributed by atoms with Gasteiger partial charge in [-0.2, -0.15) is 0 Å². The summed E-state index contributed by atoms with van der Waals surface area (Å²) in [6, 6.07) is 8.09. The first-order valence-corrected chi connectivity index (χ1v) is 7.63. The van der Waals surface area contributed by atoms with Gasteiger partial charge in [-0.05, 0) is 36.5 Å². The summed E-state index contributed by atoms with van der Waals surface area (Å²) in [5, 5.41) is 8.67. The lowest BCUT2D eigenvalue weighted by molar-refractivity contribution is -0.0221. The standard InChI is InChI=1S/C18H24O2/c1-2-17-7-3-4-8-18(17)20-14-16-11-9-15(10-12-16)6-5-13-19/h9-12,17-19H,2-4,7-8,13-14H2,1H3. The molecule has 2 nitrogen and oxygen atoms in total. The Bertz CT molecular complexity index is 453. The van der Waals surface area contributed by atoms with Gasteiger partial charge in [-0.15, -0.1) is 0 Å². The Kier molecular flexibility index (Phi) is 6.11. The van der Waals surface area contributed by atoms with Crippen LogP contribution >= 0.6 is 0 Å². The van der Waals surface area contributed by atoms with E-state index in [2.05, 4.69) is 30.9 Å². The van der Waals surface area contributed by atoms with Gasteiger partial charge in [0.25, 0.3) is 0 Å². The first-order chi connectivity index (χ1) is 9.83. The Morgan fingerprint density at radius 3 is 2.65 bits per heavy atom. The van der Waals surface area contributed by atoms with Gasteiger partial charge in [0.2, 0.25) is 0 Å². The number of rotatable bonds is 4. The zero-order valence-electron chi connectivity index (χ0n) is 12.3. The molecule has 0 aromatic heterocycles. The Balaban J connectivity index is 1.87. The predicted octanol–water partition coefficient (Wildman–Crippen LogP) is 3.52. The third-order valence-corrected chi connectivity index (χ3v) is 4.09. The van der Waals surface area contributed by atoms with Gasteiger partial charge < -0.3 is 9.84 Å². The van der Waals surface area contributed by atoms with E-state index in [9.17, 15) is 0 Å². The van der Waals surface area contributed by atoms with E-state index in [1.54, 1.807) is 0 Å². The summed E-state index contributed by atoms with van der Waals surface area (Å²) < 4.78 is 6.12. The van der Waals surface area contributed by atoms with Crippen LogP contribution < -0.4 is 0 Å². The van der Waals surface area contributed by atoms with Crippen LogP contribution in [0.4, 0.5) is 0 Å². The largest absolute Gasteiger partial charge is 0.384 e. The van der Waals surface area contributed by atoms with E-state index in [4.69, 9.17) is 9.84 Å². The second kappa shape index (κ2) is 8.09. The number of ether oxygens (including phenoxy) is 1. The molecule has 0 heterocycles. The maximum atomic E-state index is 8.67.